The summed E-state index contributed by atoms with van der Waals surface area (Å²) in [6.07, 6.45) is 6.55. The van der Waals surface area contributed by atoms with Gasteiger partial charge in [0, 0.05) is 6.04 Å². The van der Waals surface area contributed by atoms with Gasteiger partial charge in [0.15, 0.2) is 5.17 Å². The number of nitrogens with zero attached hydrogens (tertiary/aromatic N) is 2. The van der Waals surface area contributed by atoms with Crippen LogP contribution in [-0.4, -0.2) is 22.0 Å². The lowest BCUT2D eigenvalue weighted by Crippen LogP contribution is -2.44. The molecule has 3 aromatic carbocycles. The molecule has 2 fully saturated rings. The maximum Gasteiger partial charge on any atom is 0.267 e. The fraction of sp³-hybridized carbons (Fsp3) is 0.290. The highest BCUT2D eigenvalue weighted by Gasteiger charge is 2.41. The topological polar surface area (TPSA) is 41.9 Å². The molecule has 1 amide bonds. The highest BCUT2D eigenvalue weighted by atomic mass is 32.2. The van der Waals surface area contributed by atoms with Crippen LogP contribution in [0.3, 0.4) is 0 Å². The molecular weight excluding hydrogens is 464 g/mol. The number of carbonyl (C=O) groups is 1. The summed E-state index contributed by atoms with van der Waals surface area (Å²) in [7, 11) is 0. The van der Waals surface area contributed by atoms with Crippen molar-refractivity contribution in [3.63, 3.8) is 0 Å². The van der Waals surface area contributed by atoms with Crippen molar-refractivity contribution in [2.75, 3.05) is 0 Å². The number of carbonyl (C=O) groups excluding carboxylic acids is 1. The Bertz CT molecular complexity index is 1270. The molecule has 3 aromatic rings. The molecule has 1 heterocycles. The summed E-state index contributed by atoms with van der Waals surface area (Å²) >= 11 is 1.48. The van der Waals surface area contributed by atoms with Crippen molar-refractivity contribution < 1.29 is 9.53 Å². The number of hydrogen-bond acceptors (Lipinski definition) is 4. The summed E-state index contributed by atoms with van der Waals surface area (Å²) in [4.78, 5) is 21.2. The minimum absolute atomic E-state index is 0.0632. The molecule has 0 bridgehead atoms. The second-order valence-electron chi connectivity index (χ2n) is 9.69. The van der Waals surface area contributed by atoms with Crippen LogP contribution in [0.5, 0.6) is 5.75 Å². The standard InChI is InChI=1S/C31H32N2O2S/c1-22-9-8-11-25(19-22)21-35-27-17-15-24(16-18-27)20-29-30(34)33(28-14-7-6-10-23(28)2)31(36-29)32-26-12-4-3-5-13-26/h3-5,8-9,11-13,15-20,23,28H,6-7,10,14,21H2,1-2H3/b29-20-,32-31?/t23-,28-/m0/s1. The van der Waals surface area contributed by atoms with Gasteiger partial charge in [0.05, 0.1) is 10.6 Å². The maximum absolute atomic E-state index is 13.6. The highest BCUT2D eigenvalue weighted by molar-refractivity contribution is 8.18. The van der Waals surface area contributed by atoms with Crippen LogP contribution in [0.15, 0.2) is 88.8 Å². The van der Waals surface area contributed by atoms with Crippen LogP contribution in [0.4, 0.5) is 5.69 Å². The first-order chi connectivity index (χ1) is 17.6. The predicted octanol–water partition coefficient (Wildman–Crippen LogP) is 7.76. The van der Waals surface area contributed by atoms with E-state index in [1.807, 2.05) is 71.6 Å². The third-order valence-corrected chi connectivity index (χ3v) is 7.86. The fourth-order valence-corrected chi connectivity index (χ4v) is 5.98. The summed E-state index contributed by atoms with van der Waals surface area (Å²) < 4.78 is 5.96. The summed E-state index contributed by atoms with van der Waals surface area (Å²) in [6.45, 7) is 4.88. The molecule has 0 radical (unpaired) electrons. The molecule has 184 valence electrons. The molecule has 1 aliphatic carbocycles. The molecule has 4 nitrogen and oxygen atoms in total. The molecule has 0 N–H and O–H groups in total. The second kappa shape index (κ2) is 11.2. The van der Waals surface area contributed by atoms with Gasteiger partial charge in [-0.1, -0.05) is 79.9 Å². The lowest BCUT2D eigenvalue weighted by molar-refractivity contribution is -0.124. The summed E-state index contributed by atoms with van der Waals surface area (Å²) in [5, 5.41) is 0.786. The molecule has 0 aromatic heterocycles. The van der Waals surface area contributed by atoms with Gasteiger partial charge in [0.25, 0.3) is 5.91 Å². The Hall–Kier alpha value is -3.31. The number of aliphatic imine (C=N–C) groups is 1. The molecule has 5 rings (SSSR count). The van der Waals surface area contributed by atoms with Gasteiger partial charge in [-0.15, -0.1) is 0 Å². The van der Waals surface area contributed by atoms with E-state index in [1.54, 1.807) is 0 Å². The number of ether oxygens (including phenoxy) is 1. The van der Waals surface area contributed by atoms with Gasteiger partial charge in [0.1, 0.15) is 12.4 Å². The average Bonchev–Trinajstić information content (AvgIpc) is 3.18. The first-order valence-electron chi connectivity index (χ1n) is 12.7. The number of hydrogen-bond donors (Lipinski definition) is 0. The van der Waals surface area contributed by atoms with Crippen LogP contribution in [0.2, 0.25) is 0 Å². The van der Waals surface area contributed by atoms with Gasteiger partial charge in [-0.25, -0.2) is 4.99 Å². The average molecular weight is 497 g/mol. The normalized spacial score (nSPS) is 22.4. The fourth-order valence-electron chi connectivity index (χ4n) is 4.93. The van der Waals surface area contributed by atoms with Gasteiger partial charge in [0.2, 0.25) is 0 Å². The third kappa shape index (κ3) is 5.73. The monoisotopic (exact) mass is 496 g/mol. The number of amides is 1. The van der Waals surface area contributed by atoms with Crippen molar-refractivity contribution in [3.8, 4) is 5.75 Å². The number of rotatable bonds is 6. The van der Waals surface area contributed by atoms with E-state index >= 15 is 0 Å². The Morgan fingerprint density at radius 1 is 1.00 bits per heavy atom. The van der Waals surface area contributed by atoms with E-state index in [-0.39, 0.29) is 11.9 Å². The molecular formula is C31H32N2O2S. The van der Waals surface area contributed by atoms with E-state index in [0.717, 1.165) is 51.9 Å². The Labute approximate surface area is 218 Å². The van der Waals surface area contributed by atoms with Crippen LogP contribution in [0, 0.1) is 12.8 Å². The quantitative estimate of drug-likeness (QED) is 0.328. The number of amidine groups is 1. The molecule has 2 aliphatic rings. The lowest BCUT2D eigenvalue weighted by Gasteiger charge is -2.35. The number of para-hydroxylation sites is 1. The first kappa shape index (κ1) is 24.4. The number of thioether (sulfide) groups is 1. The van der Waals surface area contributed by atoms with Crippen molar-refractivity contribution in [1.82, 2.24) is 4.90 Å². The highest BCUT2D eigenvalue weighted by Crippen LogP contribution is 2.40. The van der Waals surface area contributed by atoms with Crippen molar-refractivity contribution in [3.05, 3.63) is 100 Å². The number of benzene rings is 3. The summed E-state index contributed by atoms with van der Waals surface area (Å²) in [6, 6.07) is 26.4. The first-order valence-corrected chi connectivity index (χ1v) is 13.5. The Morgan fingerprint density at radius 2 is 1.78 bits per heavy atom. The minimum Gasteiger partial charge on any atom is -0.489 e. The van der Waals surface area contributed by atoms with Crippen LogP contribution in [0.25, 0.3) is 6.08 Å². The van der Waals surface area contributed by atoms with Crippen LogP contribution < -0.4 is 4.74 Å². The van der Waals surface area contributed by atoms with Crippen molar-refractivity contribution in [1.29, 1.82) is 0 Å². The largest absolute Gasteiger partial charge is 0.489 e. The summed E-state index contributed by atoms with van der Waals surface area (Å²) in [5.74, 6) is 1.34. The SMILES string of the molecule is Cc1cccc(COc2ccc(/C=C3\SC(=Nc4ccccc4)N([C@H]4CCCC[C@@H]4C)C3=O)cc2)c1. The Balaban J connectivity index is 1.35. The molecule has 0 spiro atoms. The lowest BCUT2D eigenvalue weighted by atomic mass is 9.85. The second-order valence-corrected chi connectivity index (χ2v) is 10.7. The molecule has 1 aliphatic heterocycles. The molecule has 2 atom stereocenters. The predicted molar refractivity (Wildman–Crippen MR) is 149 cm³/mol. The van der Waals surface area contributed by atoms with E-state index < -0.39 is 0 Å². The smallest absolute Gasteiger partial charge is 0.267 e. The van der Waals surface area contributed by atoms with Crippen LogP contribution in [0.1, 0.15) is 49.3 Å². The van der Waals surface area contributed by atoms with Crippen molar-refractivity contribution in [2.24, 2.45) is 10.9 Å². The zero-order chi connectivity index (χ0) is 24.9. The van der Waals surface area contributed by atoms with Gasteiger partial charge >= 0.3 is 0 Å². The summed E-state index contributed by atoms with van der Waals surface area (Å²) in [5.41, 5.74) is 4.23. The van der Waals surface area contributed by atoms with E-state index in [4.69, 9.17) is 9.73 Å². The van der Waals surface area contributed by atoms with E-state index in [0.29, 0.717) is 12.5 Å². The zero-order valence-electron chi connectivity index (χ0n) is 20.9. The Morgan fingerprint density at radius 3 is 2.53 bits per heavy atom. The van der Waals surface area contributed by atoms with Gasteiger partial charge in [-0.05, 0) is 78.9 Å². The van der Waals surface area contributed by atoms with Crippen molar-refractivity contribution in [2.45, 2.75) is 52.2 Å². The molecule has 0 unspecified atom stereocenters. The van der Waals surface area contributed by atoms with Crippen LogP contribution in [-0.2, 0) is 11.4 Å². The van der Waals surface area contributed by atoms with Gasteiger partial charge < -0.3 is 4.74 Å². The van der Waals surface area contributed by atoms with Gasteiger partial charge in [-0.3, -0.25) is 9.69 Å². The molecule has 1 saturated heterocycles. The van der Waals surface area contributed by atoms with Gasteiger partial charge in [-0.2, -0.15) is 0 Å². The molecule has 5 heteroatoms. The Kier molecular flexibility index (Phi) is 7.57. The van der Waals surface area contributed by atoms with E-state index in [9.17, 15) is 4.79 Å². The van der Waals surface area contributed by atoms with Crippen LogP contribution >= 0.6 is 11.8 Å². The molecule has 1 saturated carbocycles. The van der Waals surface area contributed by atoms with E-state index in [1.165, 1.54) is 23.7 Å². The molecule has 36 heavy (non-hydrogen) atoms. The van der Waals surface area contributed by atoms with Crippen molar-refractivity contribution >= 4 is 34.6 Å². The maximum atomic E-state index is 13.6. The minimum atomic E-state index is 0.0632. The third-order valence-electron chi connectivity index (χ3n) is 6.88. The number of aryl methyl sites for hydroxylation is 1. The zero-order valence-corrected chi connectivity index (χ0v) is 21.7. The van der Waals surface area contributed by atoms with E-state index in [2.05, 4.69) is 32.0 Å².